The Morgan fingerprint density at radius 1 is 1.03 bits per heavy atom. The van der Waals surface area contributed by atoms with Crippen molar-refractivity contribution >= 4 is 28.2 Å². The Balaban J connectivity index is 1.96. The van der Waals surface area contributed by atoms with Crippen LogP contribution >= 0.6 is 0 Å². The van der Waals surface area contributed by atoms with Gasteiger partial charge >= 0.3 is 0 Å². The third-order valence-corrected chi connectivity index (χ3v) is 5.88. The summed E-state index contributed by atoms with van der Waals surface area (Å²) in [5.41, 5.74) is 2.09. The molecule has 1 aliphatic rings. The van der Waals surface area contributed by atoms with Gasteiger partial charge in [-0.05, 0) is 47.0 Å². The van der Waals surface area contributed by atoms with E-state index in [0.29, 0.717) is 11.3 Å². The number of hydrogen-bond donors (Lipinski definition) is 1. The summed E-state index contributed by atoms with van der Waals surface area (Å²) in [5.74, 6) is -0.897. The Morgan fingerprint density at radius 2 is 1.78 bits per heavy atom. The normalized spacial score (nSPS) is 17.8. The number of carbonyl (C=O) groups excluding carboxylic acids is 2. The van der Waals surface area contributed by atoms with Crippen LogP contribution in [0.2, 0.25) is 0 Å². The molecule has 1 unspecified atom stereocenters. The first-order valence-corrected chi connectivity index (χ1v) is 10.4. The first-order chi connectivity index (χ1) is 15.5. The zero-order valence-corrected chi connectivity index (χ0v) is 18.3. The number of Topliss-reactive ketones (excluding diaryl/α,β-unsaturated/α-hetero) is 1. The van der Waals surface area contributed by atoms with Crippen molar-refractivity contribution in [3.8, 4) is 5.75 Å². The Bertz CT molecular complexity index is 1220. The van der Waals surface area contributed by atoms with Crippen LogP contribution in [0.3, 0.4) is 0 Å². The van der Waals surface area contributed by atoms with E-state index in [0.717, 1.165) is 21.9 Å². The van der Waals surface area contributed by atoms with E-state index >= 15 is 0 Å². The van der Waals surface area contributed by atoms with Crippen molar-refractivity contribution in [2.75, 3.05) is 27.4 Å². The summed E-state index contributed by atoms with van der Waals surface area (Å²) in [6.45, 7) is 2.33. The number of carbonyl (C=O) groups is 2. The number of ether oxygens (including phenoxy) is 2. The molecule has 4 rings (SSSR count). The van der Waals surface area contributed by atoms with Crippen LogP contribution in [0.4, 0.5) is 0 Å². The largest absolute Gasteiger partial charge is 0.507 e. The molecule has 32 heavy (non-hydrogen) atoms. The van der Waals surface area contributed by atoms with Gasteiger partial charge in [0.15, 0.2) is 0 Å². The van der Waals surface area contributed by atoms with Crippen molar-refractivity contribution in [3.63, 3.8) is 0 Å². The Labute approximate surface area is 186 Å². The van der Waals surface area contributed by atoms with Gasteiger partial charge in [0.1, 0.15) is 11.5 Å². The van der Waals surface area contributed by atoms with E-state index in [1.54, 1.807) is 32.4 Å². The maximum Gasteiger partial charge on any atom is 0.295 e. The second kappa shape index (κ2) is 8.85. The second-order valence-electron chi connectivity index (χ2n) is 7.73. The highest BCUT2D eigenvalue weighted by molar-refractivity contribution is 6.46. The maximum atomic E-state index is 13.2. The summed E-state index contributed by atoms with van der Waals surface area (Å²) in [6.07, 6.45) is 0. The van der Waals surface area contributed by atoms with E-state index in [1.165, 1.54) is 4.90 Å². The zero-order chi connectivity index (χ0) is 22.8. The number of amides is 1. The molecular formula is C26H25NO5. The quantitative estimate of drug-likeness (QED) is 0.359. The van der Waals surface area contributed by atoms with Crippen LogP contribution in [0, 0.1) is 6.92 Å². The highest BCUT2D eigenvalue weighted by Crippen LogP contribution is 2.42. The van der Waals surface area contributed by atoms with Crippen LogP contribution in [0.5, 0.6) is 5.75 Å². The number of aliphatic hydroxyl groups excluding tert-OH is 1. The van der Waals surface area contributed by atoms with Gasteiger partial charge in [0.25, 0.3) is 11.7 Å². The third kappa shape index (κ3) is 3.63. The maximum absolute atomic E-state index is 13.2. The number of aliphatic hydroxyl groups is 1. The number of hydrogen-bond acceptors (Lipinski definition) is 5. The fraction of sp³-hybridized carbons (Fsp3) is 0.231. The van der Waals surface area contributed by atoms with Crippen molar-refractivity contribution in [3.05, 3.63) is 82.9 Å². The first kappa shape index (κ1) is 21.6. The van der Waals surface area contributed by atoms with Gasteiger partial charge < -0.3 is 19.5 Å². The number of fused-ring (bicyclic) bond motifs is 1. The number of ketones is 1. The number of aryl methyl sites for hydroxylation is 1. The number of nitrogens with zero attached hydrogens (tertiary/aromatic N) is 1. The molecule has 0 spiro atoms. The van der Waals surface area contributed by atoms with E-state index in [2.05, 4.69) is 0 Å². The Hall–Kier alpha value is -3.64. The molecule has 3 aromatic carbocycles. The van der Waals surface area contributed by atoms with Gasteiger partial charge in [-0.2, -0.15) is 0 Å². The van der Waals surface area contributed by atoms with Crippen molar-refractivity contribution < 1.29 is 24.2 Å². The molecule has 0 radical (unpaired) electrons. The van der Waals surface area contributed by atoms with Crippen LogP contribution in [-0.2, 0) is 14.3 Å². The van der Waals surface area contributed by atoms with Crippen LogP contribution in [0.15, 0.2) is 66.2 Å². The third-order valence-electron chi connectivity index (χ3n) is 5.88. The van der Waals surface area contributed by atoms with Gasteiger partial charge in [-0.3, -0.25) is 9.59 Å². The van der Waals surface area contributed by atoms with E-state index < -0.39 is 17.7 Å². The minimum atomic E-state index is -0.724. The lowest BCUT2D eigenvalue weighted by Crippen LogP contribution is -2.32. The van der Waals surface area contributed by atoms with Crippen LogP contribution in [0.1, 0.15) is 22.7 Å². The molecule has 1 N–H and O–H groups in total. The van der Waals surface area contributed by atoms with Crippen molar-refractivity contribution in [2.24, 2.45) is 0 Å². The molecule has 1 atom stereocenters. The molecule has 0 aromatic heterocycles. The summed E-state index contributed by atoms with van der Waals surface area (Å²) in [5, 5.41) is 13.2. The number of benzene rings is 3. The van der Waals surface area contributed by atoms with E-state index in [-0.39, 0.29) is 24.5 Å². The standard InChI is InChI=1S/C26H25NO5/c1-16-15-18(32-3)11-12-19(16)24(28)22-23(27(13-14-31-2)26(30)25(22)29)21-10-6-8-17-7-4-5-9-20(17)21/h4-12,15,23,28H,13-14H2,1-3H3/b24-22+. The van der Waals surface area contributed by atoms with Crippen LogP contribution in [0.25, 0.3) is 16.5 Å². The van der Waals surface area contributed by atoms with Crippen molar-refractivity contribution in [1.29, 1.82) is 0 Å². The first-order valence-electron chi connectivity index (χ1n) is 10.4. The van der Waals surface area contributed by atoms with E-state index in [4.69, 9.17) is 9.47 Å². The molecule has 1 amide bonds. The van der Waals surface area contributed by atoms with Gasteiger partial charge in [0.05, 0.1) is 25.3 Å². The minimum Gasteiger partial charge on any atom is -0.507 e. The van der Waals surface area contributed by atoms with E-state index in [1.807, 2.05) is 49.4 Å². The lowest BCUT2D eigenvalue weighted by atomic mass is 9.91. The molecule has 164 valence electrons. The minimum absolute atomic E-state index is 0.0794. The van der Waals surface area contributed by atoms with E-state index in [9.17, 15) is 14.7 Å². The predicted molar refractivity (Wildman–Crippen MR) is 123 cm³/mol. The summed E-state index contributed by atoms with van der Waals surface area (Å²) in [6, 6.07) is 18.0. The Morgan fingerprint density at radius 3 is 2.50 bits per heavy atom. The van der Waals surface area contributed by atoms with Gasteiger partial charge in [-0.25, -0.2) is 0 Å². The van der Waals surface area contributed by atoms with Crippen molar-refractivity contribution in [1.82, 2.24) is 4.90 Å². The van der Waals surface area contributed by atoms with Crippen molar-refractivity contribution in [2.45, 2.75) is 13.0 Å². The molecule has 1 saturated heterocycles. The molecule has 1 heterocycles. The SMILES string of the molecule is COCCN1C(=O)C(=O)/C(=C(/O)c2ccc(OC)cc2C)C1c1cccc2ccccc12. The van der Waals surface area contributed by atoms with Gasteiger partial charge in [-0.1, -0.05) is 42.5 Å². The summed E-state index contributed by atoms with van der Waals surface area (Å²) in [4.78, 5) is 27.7. The van der Waals surface area contributed by atoms with Gasteiger partial charge in [0.2, 0.25) is 0 Å². The summed E-state index contributed by atoms with van der Waals surface area (Å²) >= 11 is 0. The Kier molecular flexibility index (Phi) is 5.97. The number of rotatable bonds is 6. The highest BCUT2D eigenvalue weighted by Gasteiger charge is 2.46. The average molecular weight is 431 g/mol. The highest BCUT2D eigenvalue weighted by atomic mass is 16.5. The predicted octanol–water partition coefficient (Wildman–Crippen LogP) is 4.22. The van der Waals surface area contributed by atoms with Crippen LogP contribution < -0.4 is 4.74 Å². The molecule has 3 aromatic rings. The molecule has 0 saturated carbocycles. The second-order valence-corrected chi connectivity index (χ2v) is 7.73. The van der Waals surface area contributed by atoms with Gasteiger partial charge in [-0.15, -0.1) is 0 Å². The number of methoxy groups -OCH3 is 2. The molecular weight excluding hydrogens is 406 g/mol. The van der Waals surface area contributed by atoms with Gasteiger partial charge in [0, 0.05) is 19.2 Å². The molecule has 0 bridgehead atoms. The molecule has 1 fully saturated rings. The smallest absolute Gasteiger partial charge is 0.295 e. The fourth-order valence-corrected chi connectivity index (χ4v) is 4.29. The molecule has 1 aliphatic heterocycles. The molecule has 0 aliphatic carbocycles. The topological polar surface area (TPSA) is 76.1 Å². The lowest BCUT2D eigenvalue weighted by molar-refractivity contribution is -0.140. The molecule has 6 heteroatoms. The monoisotopic (exact) mass is 431 g/mol. The fourth-order valence-electron chi connectivity index (χ4n) is 4.29. The lowest BCUT2D eigenvalue weighted by Gasteiger charge is -2.26. The molecule has 6 nitrogen and oxygen atoms in total. The average Bonchev–Trinajstić information content (AvgIpc) is 3.06. The summed E-state index contributed by atoms with van der Waals surface area (Å²) in [7, 11) is 3.11. The number of likely N-dealkylation sites (tertiary alicyclic amines) is 1. The van der Waals surface area contributed by atoms with Crippen LogP contribution in [-0.4, -0.2) is 49.1 Å². The summed E-state index contributed by atoms with van der Waals surface area (Å²) < 4.78 is 10.4. The zero-order valence-electron chi connectivity index (χ0n) is 18.3.